The molecule has 0 amide bonds. The van der Waals surface area contributed by atoms with Crippen molar-refractivity contribution in [2.24, 2.45) is 16.1 Å². The molecule has 0 radical (unpaired) electrons. The second-order valence-corrected chi connectivity index (χ2v) is 10.3. The highest BCUT2D eigenvalue weighted by atomic mass is 32.2. The van der Waals surface area contributed by atoms with Gasteiger partial charge in [-0.2, -0.15) is 10.2 Å². The Balaban J connectivity index is 2.05. The molecule has 2 atom stereocenters. The van der Waals surface area contributed by atoms with Gasteiger partial charge >= 0.3 is 5.97 Å². The predicted molar refractivity (Wildman–Crippen MR) is 121 cm³/mol. The summed E-state index contributed by atoms with van der Waals surface area (Å²) < 4.78 is 37.1. The average Bonchev–Trinajstić information content (AvgIpc) is 3.14. The number of unbranched alkanes of at least 4 members (excludes halogenated alkanes) is 1. The first-order valence-corrected chi connectivity index (χ1v) is 12.5. The van der Waals surface area contributed by atoms with E-state index in [4.69, 9.17) is 9.47 Å². The summed E-state index contributed by atoms with van der Waals surface area (Å²) in [5.41, 5.74) is 1.34. The number of ether oxygens (including phenoxy) is 2. The monoisotopic (exact) mass is 450 g/mol. The fourth-order valence-corrected chi connectivity index (χ4v) is 5.44. The molecule has 1 aromatic carbocycles. The van der Waals surface area contributed by atoms with Crippen LogP contribution >= 0.6 is 0 Å². The van der Waals surface area contributed by atoms with Crippen LogP contribution in [0.3, 0.4) is 0 Å². The fourth-order valence-electron chi connectivity index (χ4n) is 3.57. The Kier molecular flexibility index (Phi) is 9.22. The van der Waals surface area contributed by atoms with Gasteiger partial charge in [0.15, 0.2) is 9.84 Å². The van der Waals surface area contributed by atoms with Gasteiger partial charge in [-0.15, -0.1) is 0 Å². The van der Waals surface area contributed by atoms with Gasteiger partial charge in [0.1, 0.15) is 5.75 Å². The van der Waals surface area contributed by atoms with E-state index in [1.165, 1.54) is 6.20 Å². The molecule has 0 aromatic heterocycles. The first-order chi connectivity index (χ1) is 14.8. The lowest BCUT2D eigenvalue weighted by molar-refractivity contribution is -0.144. The van der Waals surface area contributed by atoms with E-state index in [1.54, 1.807) is 26.2 Å². The van der Waals surface area contributed by atoms with Crippen molar-refractivity contribution in [1.82, 2.24) is 0 Å². The normalized spacial score (nSPS) is 19.2. The fraction of sp³-hybridized carbons (Fsp3) is 0.609. The van der Waals surface area contributed by atoms with Crippen LogP contribution in [0.5, 0.6) is 5.75 Å². The maximum Gasteiger partial charge on any atom is 0.306 e. The zero-order chi connectivity index (χ0) is 22.9. The lowest BCUT2D eigenvalue weighted by Crippen LogP contribution is -2.41. The van der Waals surface area contributed by atoms with Gasteiger partial charge in [0.25, 0.3) is 0 Å². The maximum atomic E-state index is 13.3. The predicted octanol–water partition coefficient (Wildman–Crippen LogP) is 4.87. The molecular weight excluding hydrogens is 416 g/mol. The van der Waals surface area contributed by atoms with Crippen molar-refractivity contribution in [2.45, 2.75) is 64.2 Å². The molecule has 0 fully saturated rings. The Bertz CT molecular complexity index is 893. The number of hydrogen-bond acceptors (Lipinski definition) is 7. The average molecular weight is 451 g/mol. The highest BCUT2D eigenvalue weighted by molar-refractivity contribution is 7.93. The summed E-state index contributed by atoms with van der Waals surface area (Å²) >= 11 is 0. The Hall–Kier alpha value is -2.22. The minimum absolute atomic E-state index is 0.148. The smallest absolute Gasteiger partial charge is 0.306 e. The number of hydrogen-bond donors (Lipinski definition) is 0. The molecule has 2 rings (SSSR count). The van der Waals surface area contributed by atoms with Crippen LogP contribution in [0.25, 0.3) is 0 Å². The first kappa shape index (κ1) is 25.0. The van der Waals surface area contributed by atoms with Gasteiger partial charge in [0.05, 0.1) is 32.1 Å². The number of nitrogens with zero attached hydrogens (tertiary/aromatic N) is 2. The Morgan fingerprint density at radius 3 is 2.45 bits per heavy atom. The molecule has 1 aliphatic rings. The summed E-state index contributed by atoms with van der Waals surface area (Å²) in [4.78, 5) is 10.8. The van der Waals surface area contributed by atoms with Crippen LogP contribution in [0, 0.1) is 5.92 Å². The molecule has 1 heterocycles. The second kappa shape index (κ2) is 11.4. The second-order valence-electron chi connectivity index (χ2n) is 8.01. The minimum Gasteiger partial charge on any atom is -0.497 e. The zero-order valence-electron chi connectivity index (χ0n) is 19.0. The summed E-state index contributed by atoms with van der Waals surface area (Å²) in [5, 5.41) is 8.00. The quantitative estimate of drug-likeness (QED) is 0.400. The molecule has 2 unspecified atom stereocenters. The number of carbonyl (C=O) groups is 1. The van der Waals surface area contributed by atoms with Gasteiger partial charge < -0.3 is 9.47 Å². The van der Waals surface area contributed by atoms with E-state index in [-0.39, 0.29) is 18.6 Å². The van der Waals surface area contributed by atoms with Crippen LogP contribution in [0.15, 0.2) is 46.3 Å². The minimum atomic E-state index is -3.80. The lowest BCUT2D eigenvalue weighted by atomic mass is 10.0. The van der Waals surface area contributed by atoms with Crippen molar-refractivity contribution in [2.75, 3.05) is 19.5 Å². The number of benzene rings is 1. The molecule has 7 nitrogen and oxygen atoms in total. The van der Waals surface area contributed by atoms with E-state index < -0.39 is 20.7 Å². The number of methoxy groups -OCH3 is 1. The molecule has 172 valence electrons. The molecule has 0 saturated heterocycles. The molecule has 8 heteroatoms. The van der Waals surface area contributed by atoms with E-state index in [0.717, 1.165) is 31.2 Å². The maximum absolute atomic E-state index is 13.3. The summed E-state index contributed by atoms with van der Waals surface area (Å²) in [6.45, 7) is 6.24. The van der Waals surface area contributed by atoms with E-state index in [2.05, 4.69) is 24.1 Å². The molecule has 0 aliphatic carbocycles. The first-order valence-electron chi connectivity index (χ1n) is 10.9. The Morgan fingerprint density at radius 2 is 1.90 bits per heavy atom. The van der Waals surface area contributed by atoms with E-state index in [9.17, 15) is 13.2 Å². The van der Waals surface area contributed by atoms with Gasteiger partial charge in [-0.1, -0.05) is 45.2 Å². The van der Waals surface area contributed by atoms with Crippen molar-refractivity contribution in [3.05, 3.63) is 41.6 Å². The highest BCUT2D eigenvalue weighted by Gasteiger charge is 2.48. The molecule has 0 spiro atoms. The van der Waals surface area contributed by atoms with Crippen LogP contribution in [-0.2, 0) is 25.8 Å². The van der Waals surface area contributed by atoms with Gasteiger partial charge in [-0.3, -0.25) is 4.79 Å². The Morgan fingerprint density at radius 1 is 1.19 bits per heavy atom. The summed E-state index contributed by atoms with van der Waals surface area (Å²) in [5.74, 6) is 0.177. The van der Waals surface area contributed by atoms with Gasteiger partial charge in [0, 0.05) is 6.42 Å². The van der Waals surface area contributed by atoms with Crippen molar-refractivity contribution in [3.8, 4) is 5.75 Å². The number of esters is 1. The van der Waals surface area contributed by atoms with Crippen LogP contribution in [-0.4, -0.2) is 38.7 Å². The molecule has 1 aromatic rings. The topological polar surface area (TPSA) is 94.4 Å². The number of azo groups is 1. The van der Waals surface area contributed by atoms with Gasteiger partial charge in [-0.25, -0.2) is 8.42 Å². The highest BCUT2D eigenvalue weighted by Crippen LogP contribution is 2.37. The van der Waals surface area contributed by atoms with Crippen molar-refractivity contribution in [3.63, 3.8) is 0 Å². The summed E-state index contributed by atoms with van der Waals surface area (Å²) in [6.07, 6.45) is 5.55. The SMILES string of the molecule is CCCCC(CC)COC(=O)CCS(=O)(=O)C1(Cc2ccc(OC)cc2)N=NC=C1C. The number of rotatable bonds is 13. The lowest BCUT2D eigenvalue weighted by Gasteiger charge is -2.26. The van der Waals surface area contributed by atoms with Crippen molar-refractivity contribution >= 4 is 15.8 Å². The van der Waals surface area contributed by atoms with Gasteiger partial charge in [0.2, 0.25) is 4.87 Å². The zero-order valence-corrected chi connectivity index (χ0v) is 19.8. The summed E-state index contributed by atoms with van der Waals surface area (Å²) in [7, 11) is -2.22. The van der Waals surface area contributed by atoms with Crippen LogP contribution in [0.2, 0.25) is 0 Å². The molecule has 0 N–H and O–H groups in total. The van der Waals surface area contributed by atoms with Crippen LogP contribution in [0.1, 0.15) is 58.4 Å². The van der Waals surface area contributed by atoms with E-state index >= 15 is 0 Å². The third kappa shape index (κ3) is 6.38. The van der Waals surface area contributed by atoms with E-state index in [0.29, 0.717) is 23.8 Å². The molecule has 31 heavy (non-hydrogen) atoms. The number of carbonyl (C=O) groups excluding carboxylic acids is 1. The van der Waals surface area contributed by atoms with Crippen LogP contribution < -0.4 is 4.74 Å². The molecule has 1 aliphatic heterocycles. The number of sulfone groups is 1. The van der Waals surface area contributed by atoms with Crippen molar-refractivity contribution < 1.29 is 22.7 Å². The third-order valence-corrected chi connectivity index (χ3v) is 8.12. The standard InChI is InChI=1S/C23H34N2O5S/c1-5-7-8-19(6-2)17-30-22(26)13-14-31(27,28)23(18(3)16-24-25-23)15-20-9-11-21(29-4)12-10-20/h9-12,16,19H,5-8,13-15,17H2,1-4H3. The molecule has 0 bridgehead atoms. The van der Waals surface area contributed by atoms with Crippen molar-refractivity contribution in [1.29, 1.82) is 0 Å². The molecule has 0 saturated carbocycles. The molecular formula is C23H34N2O5S. The Labute approximate surface area is 185 Å². The third-order valence-electron chi connectivity index (χ3n) is 5.80. The largest absolute Gasteiger partial charge is 0.497 e. The van der Waals surface area contributed by atoms with E-state index in [1.807, 2.05) is 12.1 Å². The van der Waals surface area contributed by atoms with Gasteiger partial charge in [-0.05, 0) is 42.5 Å². The summed E-state index contributed by atoms with van der Waals surface area (Å²) in [6, 6.07) is 7.18. The van der Waals surface area contributed by atoms with Crippen LogP contribution in [0.4, 0.5) is 0 Å².